The maximum atomic E-state index is 12.8. The molecule has 2 aliphatic heterocycles. The third kappa shape index (κ3) is 3.44. The summed E-state index contributed by atoms with van der Waals surface area (Å²) < 4.78 is 7.52. The number of hydrogen-bond donors (Lipinski definition) is 1. The number of carbonyl (C=O) groups excluding carboxylic acids is 2. The standard InChI is InChI=1S/C20H27N5O3/c1-23(2)20(27)25-11-5-9-16(25)18-22-17(15-8-3-4-10-24(15)18)19(26)21-13-14-7-6-12-28-14/h3-4,8,10,14,16H,5-7,9,11-13H2,1-2H3,(H,21,26)/t14-,16+/m0/s1. The van der Waals surface area contributed by atoms with E-state index in [1.807, 2.05) is 33.7 Å². The quantitative estimate of drug-likeness (QED) is 0.874. The van der Waals surface area contributed by atoms with E-state index in [4.69, 9.17) is 9.72 Å². The molecule has 3 amide bonds. The summed E-state index contributed by atoms with van der Waals surface area (Å²) in [4.78, 5) is 33.5. The lowest BCUT2D eigenvalue weighted by atomic mass is 10.2. The van der Waals surface area contributed by atoms with Crippen LogP contribution in [0.5, 0.6) is 0 Å². The average Bonchev–Trinajstić information content (AvgIpc) is 3.44. The van der Waals surface area contributed by atoms with Gasteiger partial charge in [0, 0.05) is 40.0 Å². The van der Waals surface area contributed by atoms with Gasteiger partial charge >= 0.3 is 6.03 Å². The Morgan fingerprint density at radius 1 is 1.29 bits per heavy atom. The number of aromatic nitrogens is 2. The number of rotatable bonds is 4. The van der Waals surface area contributed by atoms with E-state index in [1.165, 1.54) is 0 Å². The molecule has 0 aromatic carbocycles. The first-order valence-corrected chi connectivity index (χ1v) is 9.91. The molecule has 2 atom stereocenters. The highest BCUT2D eigenvalue weighted by Gasteiger charge is 2.35. The van der Waals surface area contributed by atoms with Crippen LogP contribution in [0.4, 0.5) is 4.79 Å². The summed E-state index contributed by atoms with van der Waals surface area (Å²) in [5.41, 5.74) is 1.16. The van der Waals surface area contributed by atoms with E-state index in [0.29, 0.717) is 18.8 Å². The monoisotopic (exact) mass is 385 g/mol. The summed E-state index contributed by atoms with van der Waals surface area (Å²) in [5.74, 6) is 0.541. The zero-order valence-electron chi connectivity index (χ0n) is 16.4. The number of carbonyl (C=O) groups is 2. The van der Waals surface area contributed by atoms with Gasteiger partial charge < -0.3 is 24.3 Å². The van der Waals surface area contributed by atoms with Crippen molar-refractivity contribution in [1.29, 1.82) is 0 Å². The molecule has 8 nitrogen and oxygen atoms in total. The van der Waals surface area contributed by atoms with E-state index in [1.54, 1.807) is 19.0 Å². The molecule has 4 rings (SSSR count). The first-order chi connectivity index (χ1) is 13.6. The topological polar surface area (TPSA) is 79.2 Å². The van der Waals surface area contributed by atoms with Crippen LogP contribution >= 0.6 is 0 Å². The van der Waals surface area contributed by atoms with Crippen LogP contribution < -0.4 is 5.32 Å². The van der Waals surface area contributed by atoms with Gasteiger partial charge in [-0.15, -0.1) is 0 Å². The van der Waals surface area contributed by atoms with Crippen molar-refractivity contribution in [3.63, 3.8) is 0 Å². The molecule has 0 bridgehead atoms. The number of ether oxygens (including phenoxy) is 1. The molecule has 28 heavy (non-hydrogen) atoms. The Morgan fingerprint density at radius 2 is 2.14 bits per heavy atom. The Hall–Kier alpha value is -2.61. The molecular formula is C20H27N5O3. The Balaban J connectivity index is 1.62. The fraction of sp³-hybridized carbons (Fsp3) is 0.550. The molecule has 4 heterocycles. The van der Waals surface area contributed by atoms with E-state index in [-0.39, 0.29) is 24.1 Å². The second-order valence-corrected chi connectivity index (χ2v) is 7.65. The molecule has 0 saturated carbocycles. The van der Waals surface area contributed by atoms with Crippen LogP contribution in [0.25, 0.3) is 5.52 Å². The molecule has 0 aliphatic carbocycles. The van der Waals surface area contributed by atoms with Crippen LogP contribution in [-0.4, -0.2) is 71.0 Å². The molecule has 2 saturated heterocycles. The van der Waals surface area contributed by atoms with Crippen molar-refractivity contribution >= 4 is 17.5 Å². The van der Waals surface area contributed by atoms with Gasteiger partial charge in [0.1, 0.15) is 5.82 Å². The van der Waals surface area contributed by atoms with Crippen molar-refractivity contribution in [2.75, 3.05) is 33.8 Å². The van der Waals surface area contributed by atoms with E-state index >= 15 is 0 Å². The minimum atomic E-state index is -0.200. The average molecular weight is 385 g/mol. The van der Waals surface area contributed by atoms with E-state index in [9.17, 15) is 9.59 Å². The second kappa shape index (κ2) is 7.79. The van der Waals surface area contributed by atoms with Crippen LogP contribution in [-0.2, 0) is 4.74 Å². The number of hydrogen-bond acceptors (Lipinski definition) is 4. The van der Waals surface area contributed by atoms with Gasteiger partial charge in [-0.2, -0.15) is 0 Å². The summed E-state index contributed by atoms with van der Waals surface area (Å²) in [6, 6.07) is 5.54. The Kier molecular flexibility index (Phi) is 5.21. The fourth-order valence-electron chi connectivity index (χ4n) is 4.08. The third-order valence-electron chi connectivity index (χ3n) is 5.48. The molecule has 1 N–H and O–H groups in total. The number of amides is 3. The normalized spacial score (nSPS) is 22.0. The van der Waals surface area contributed by atoms with Crippen LogP contribution in [0.2, 0.25) is 0 Å². The lowest BCUT2D eigenvalue weighted by Crippen LogP contribution is -2.39. The van der Waals surface area contributed by atoms with Crippen molar-refractivity contribution in [2.24, 2.45) is 0 Å². The first-order valence-electron chi connectivity index (χ1n) is 9.91. The lowest BCUT2D eigenvalue weighted by Gasteiger charge is -2.27. The minimum Gasteiger partial charge on any atom is -0.376 e. The van der Waals surface area contributed by atoms with Gasteiger partial charge in [0.15, 0.2) is 5.69 Å². The summed E-state index contributed by atoms with van der Waals surface area (Å²) in [6.07, 6.45) is 5.76. The lowest BCUT2D eigenvalue weighted by molar-refractivity contribution is 0.0855. The molecule has 2 fully saturated rings. The first kappa shape index (κ1) is 18.7. The molecule has 2 aromatic heterocycles. The van der Waals surface area contributed by atoms with Crippen LogP contribution in [0, 0.1) is 0 Å². The van der Waals surface area contributed by atoms with Gasteiger partial charge in [-0.3, -0.25) is 4.79 Å². The predicted molar refractivity (Wildman–Crippen MR) is 104 cm³/mol. The number of urea groups is 1. The molecule has 0 spiro atoms. The largest absolute Gasteiger partial charge is 0.376 e. The highest BCUT2D eigenvalue weighted by atomic mass is 16.5. The van der Waals surface area contributed by atoms with Crippen molar-refractivity contribution in [3.8, 4) is 0 Å². The number of likely N-dealkylation sites (tertiary alicyclic amines) is 1. The molecule has 2 aromatic rings. The van der Waals surface area contributed by atoms with Gasteiger partial charge in [0.2, 0.25) is 0 Å². The van der Waals surface area contributed by atoms with Crippen molar-refractivity contribution in [3.05, 3.63) is 35.9 Å². The summed E-state index contributed by atoms with van der Waals surface area (Å²) in [5, 5.41) is 2.96. The summed E-state index contributed by atoms with van der Waals surface area (Å²) >= 11 is 0. The predicted octanol–water partition coefficient (Wildman–Crippen LogP) is 2.06. The van der Waals surface area contributed by atoms with E-state index in [2.05, 4.69) is 5.32 Å². The molecule has 150 valence electrons. The van der Waals surface area contributed by atoms with Gasteiger partial charge in [-0.1, -0.05) is 6.07 Å². The van der Waals surface area contributed by atoms with E-state index in [0.717, 1.165) is 43.6 Å². The van der Waals surface area contributed by atoms with Crippen LogP contribution in [0.3, 0.4) is 0 Å². The smallest absolute Gasteiger partial charge is 0.320 e. The molecular weight excluding hydrogens is 358 g/mol. The Bertz CT molecular complexity index is 872. The van der Waals surface area contributed by atoms with Gasteiger partial charge in [-0.25, -0.2) is 9.78 Å². The number of nitrogens with one attached hydrogen (secondary N) is 1. The van der Waals surface area contributed by atoms with E-state index < -0.39 is 0 Å². The molecule has 0 radical (unpaired) electrons. The number of imidazole rings is 1. The number of pyridine rings is 1. The molecule has 8 heteroatoms. The highest BCUT2D eigenvalue weighted by Crippen LogP contribution is 2.33. The van der Waals surface area contributed by atoms with Gasteiger partial charge in [-0.05, 0) is 37.8 Å². The number of fused-ring (bicyclic) bond motifs is 1. The zero-order chi connectivity index (χ0) is 19.7. The summed E-state index contributed by atoms with van der Waals surface area (Å²) in [6.45, 7) is 1.95. The summed E-state index contributed by atoms with van der Waals surface area (Å²) in [7, 11) is 3.51. The zero-order valence-corrected chi connectivity index (χ0v) is 16.4. The molecule has 0 unspecified atom stereocenters. The Labute approximate surface area is 164 Å². The fourth-order valence-corrected chi connectivity index (χ4v) is 4.08. The molecule has 2 aliphatic rings. The van der Waals surface area contributed by atoms with Gasteiger partial charge in [0.25, 0.3) is 5.91 Å². The highest BCUT2D eigenvalue weighted by molar-refractivity contribution is 5.99. The Morgan fingerprint density at radius 3 is 2.89 bits per heavy atom. The van der Waals surface area contributed by atoms with Crippen LogP contribution in [0.1, 0.15) is 48.0 Å². The number of nitrogens with zero attached hydrogens (tertiary/aromatic N) is 4. The van der Waals surface area contributed by atoms with Crippen molar-refractivity contribution < 1.29 is 14.3 Å². The maximum absolute atomic E-state index is 12.8. The minimum absolute atomic E-state index is 0.0282. The SMILES string of the molecule is CN(C)C(=O)N1CCC[C@@H]1c1nc(C(=O)NC[C@@H]2CCCO2)c2ccccn12. The van der Waals surface area contributed by atoms with Crippen molar-refractivity contribution in [1.82, 2.24) is 24.5 Å². The van der Waals surface area contributed by atoms with Crippen LogP contribution in [0.15, 0.2) is 24.4 Å². The third-order valence-corrected chi connectivity index (χ3v) is 5.48. The van der Waals surface area contributed by atoms with Crippen molar-refractivity contribution in [2.45, 2.75) is 37.8 Å². The maximum Gasteiger partial charge on any atom is 0.320 e. The van der Waals surface area contributed by atoms with Gasteiger partial charge in [0.05, 0.1) is 17.7 Å². The second-order valence-electron chi connectivity index (χ2n) is 7.65.